The number of ketones is 1. The van der Waals surface area contributed by atoms with Gasteiger partial charge in [-0.15, -0.1) is 0 Å². The molecule has 2 aromatic rings. The van der Waals surface area contributed by atoms with Crippen LogP contribution >= 0.6 is 0 Å². The Hall–Kier alpha value is -2.60. The van der Waals surface area contributed by atoms with Gasteiger partial charge in [-0.2, -0.15) is 4.98 Å². The molecule has 3 heterocycles. The van der Waals surface area contributed by atoms with Crippen LogP contribution in [0.1, 0.15) is 49.3 Å². The smallest absolute Gasteiger partial charge is 0.217 e. The summed E-state index contributed by atoms with van der Waals surface area (Å²) in [5.74, 6) is 1.11. The maximum atomic E-state index is 12.4. The van der Waals surface area contributed by atoms with Crippen molar-refractivity contribution < 1.29 is 9.53 Å². The number of nitrogen functional groups attached to an aromatic ring is 1. The van der Waals surface area contributed by atoms with Crippen LogP contribution in [0.2, 0.25) is 0 Å². The van der Waals surface area contributed by atoms with E-state index in [1.165, 1.54) is 37.1 Å². The molecule has 4 rings (SSSR count). The second-order valence-corrected chi connectivity index (χ2v) is 8.42. The average Bonchev–Trinajstić information content (AvgIpc) is 3.24. The standard InChI is InChI=1S/C24H32N4O2/c1-2-3-12-30-23-14-22-21(24(25)26-23)13-20(29)17-28(22)16-19-8-6-18(7-9-19)15-27-10-4-5-11-27/h6-9,14H,2-5,10-13,15-17H2,1H3,(H2,25,26). The Balaban J connectivity index is 1.49. The van der Waals surface area contributed by atoms with Gasteiger partial charge in [-0.05, 0) is 43.5 Å². The highest BCUT2D eigenvalue weighted by Crippen LogP contribution is 2.33. The van der Waals surface area contributed by atoms with Gasteiger partial charge in [0.2, 0.25) is 5.88 Å². The zero-order valence-corrected chi connectivity index (χ0v) is 17.9. The van der Waals surface area contributed by atoms with E-state index in [2.05, 4.69) is 46.0 Å². The molecule has 0 bridgehead atoms. The van der Waals surface area contributed by atoms with Gasteiger partial charge in [0.25, 0.3) is 0 Å². The van der Waals surface area contributed by atoms with E-state index in [0.717, 1.165) is 30.6 Å². The molecule has 1 saturated heterocycles. The number of hydrogen-bond donors (Lipinski definition) is 1. The highest BCUT2D eigenvalue weighted by atomic mass is 16.5. The van der Waals surface area contributed by atoms with Gasteiger partial charge in [-0.25, -0.2) is 0 Å². The monoisotopic (exact) mass is 408 g/mol. The molecule has 0 spiro atoms. The predicted molar refractivity (Wildman–Crippen MR) is 120 cm³/mol. The van der Waals surface area contributed by atoms with Crippen molar-refractivity contribution in [2.75, 3.05) is 36.9 Å². The molecule has 1 aromatic heterocycles. The molecular weight excluding hydrogens is 376 g/mol. The van der Waals surface area contributed by atoms with Crippen LogP contribution in [0.25, 0.3) is 0 Å². The van der Waals surface area contributed by atoms with Crippen LogP contribution in [0.4, 0.5) is 11.5 Å². The molecule has 2 aliphatic heterocycles. The average molecular weight is 409 g/mol. The summed E-state index contributed by atoms with van der Waals surface area (Å²) in [6.45, 7) is 7.23. The molecule has 160 valence electrons. The van der Waals surface area contributed by atoms with Crippen molar-refractivity contribution in [3.8, 4) is 5.88 Å². The second-order valence-electron chi connectivity index (χ2n) is 8.42. The van der Waals surface area contributed by atoms with Crippen molar-refractivity contribution in [2.45, 2.75) is 52.1 Å². The maximum absolute atomic E-state index is 12.4. The number of carbonyl (C=O) groups is 1. The Morgan fingerprint density at radius 2 is 1.80 bits per heavy atom. The third-order valence-electron chi connectivity index (χ3n) is 5.94. The fourth-order valence-electron chi connectivity index (χ4n) is 4.27. The molecule has 2 N–H and O–H groups in total. The lowest BCUT2D eigenvalue weighted by Crippen LogP contribution is -2.36. The number of fused-ring (bicyclic) bond motifs is 1. The zero-order valence-electron chi connectivity index (χ0n) is 17.9. The molecule has 0 radical (unpaired) electrons. The molecular formula is C24H32N4O2. The van der Waals surface area contributed by atoms with Gasteiger partial charge in [-0.1, -0.05) is 37.6 Å². The van der Waals surface area contributed by atoms with Gasteiger partial charge in [0.05, 0.1) is 18.8 Å². The number of Topliss-reactive ketones (excluding diaryl/α,β-unsaturated/α-hetero) is 1. The number of nitrogens with two attached hydrogens (primary N) is 1. The second kappa shape index (κ2) is 9.47. The number of hydrogen-bond acceptors (Lipinski definition) is 6. The summed E-state index contributed by atoms with van der Waals surface area (Å²) in [5, 5.41) is 0. The number of benzene rings is 1. The lowest BCUT2D eigenvalue weighted by Gasteiger charge is -2.31. The lowest BCUT2D eigenvalue weighted by atomic mass is 10.0. The van der Waals surface area contributed by atoms with Crippen molar-refractivity contribution in [2.24, 2.45) is 0 Å². The molecule has 30 heavy (non-hydrogen) atoms. The van der Waals surface area contributed by atoms with Crippen LogP contribution in [0.15, 0.2) is 30.3 Å². The number of likely N-dealkylation sites (tertiary alicyclic amines) is 1. The van der Waals surface area contributed by atoms with Gasteiger partial charge >= 0.3 is 0 Å². The van der Waals surface area contributed by atoms with E-state index in [-0.39, 0.29) is 5.78 Å². The number of aromatic nitrogens is 1. The van der Waals surface area contributed by atoms with Crippen molar-refractivity contribution >= 4 is 17.3 Å². The summed E-state index contributed by atoms with van der Waals surface area (Å²) in [7, 11) is 0. The minimum absolute atomic E-state index is 0.168. The summed E-state index contributed by atoms with van der Waals surface area (Å²) in [4.78, 5) is 21.3. The van der Waals surface area contributed by atoms with Gasteiger partial charge in [0.1, 0.15) is 5.82 Å². The van der Waals surface area contributed by atoms with Crippen molar-refractivity contribution in [3.63, 3.8) is 0 Å². The molecule has 1 fully saturated rings. The Kier molecular flexibility index (Phi) is 6.53. The molecule has 0 unspecified atom stereocenters. The van der Waals surface area contributed by atoms with E-state index in [0.29, 0.717) is 37.8 Å². The number of pyridine rings is 1. The maximum Gasteiger partial charge on any atom is 0.217 e. The summed E-state index contributed by atoms with van der Waals surface area (Å²) in [6, 6.07) is 10.7. The topological polar surface area (TPSA) is 71.7 Å². The van der Waals surface area contributed by atoms with Crippen molar-refractivity contribution in [3.05, 3.63) is 47.0 Å². The predicted octanol–water partition coefficient (Wildman–Crippen LogP) is 3.57. The third kappa shape index (κ3) is 4.93. The van der Waals surface area contributed by atoms with Crippen LogP contribution < -0.4 is 15.4 Å². The van der Waals surface area contributed by atoms with Gasteiger partial charge in [0.15, 0.2) is 5.78 Å². The first-order chi connectivity index (χ1) is 14.6. The highest BCUT2D eigenvalue weighted by molar-refractivity contribution is 5.92. The number of ether oxygens (including phenoxy) is 1. The first-order valence-electron chi connectivity index (χ1n) is 11.1. The van der Waals surface area contributed by atoms with Crippen molar-refractivity contribution in [1.82, 2.24) is 9.88 Å². The summed E-state index contributed by atoms with van der Waals surface area (Å²) in [5.41, 5.74) is 10.5. The molecule has 0 atom stereocenters. The Bertz CT molecular complexity index is 876. The number of rotatable bonds is 8. The normalized spacial score (nSPS) is 16.7. The van der Waals surface area contributed by atoms with Crippen LogP contribution in [0.3, 0.4) is 0 Å². The quantitative estimate of drug-likeness (QED) is 0.674. The molecule has 1 aromatic carbocycles. The fourth-order valence-corrected chi connectivity index (χ4v) is 4.27. The minimum Gasteiger partial charge on any atom is -0.478 e. The van der Waals surface area contributed by atoms with Gasteiger partial charge < -0.3 is 15.4 Å². The lowest BCUT2D eigenvalue weighted by molar-refractivity contribution is -0.117. The van der Waals surface area contributed by atoms with Crippen LogP contribution in [0.5, 0.6) is 5.88 Å². The van der Waals surface area contributed by atoms with Gasteiger partial charge in [0, 0.05) is 31.1 Å². The number of anilines is 2. The SMILES string of the molecule is CCCCOc1cc2c(c(N)n1)CC(=O)CN2Cc1ccc(CN2CCCC2)cc1. The van der Waals surface area contributed by atoms with E-state index >= 15 is 0 Å². The highest BCUT2D eigenvalue weighted by Gasteiger charge is 2.26. The summed E-state index contributed by atoms with van der Waals surface area (Å²) >= 11 is 0. The number of carbonyl (C=O) groups excluding carboxylic acids is 1. The first kappa shape index (κ1) is 20.7. The third-order valence-corrected chi connectivity index (χ3v) is 5.94. The summed E-state index contributed by atoms with van der Waals surface area (Å²) < 4.78 is 5.79. The van der Waals surface area contributed by atoms with E-state index in [9.17, 15) is 4.79 Å². The van der Waals surface area contributed by atoms with Crippen LogP contribution in [-0.4, -0.2) is 41.9 Å². The molecule has 0 saturated carbocycles. The molecule has 2 aliphatic rings. The summed E-state index contributed by atoms with van der Waals surface area (Å²) in [6.07, 6.45) is 5.00. The minimum atomic E-state index is 0.168. The van der Waals surface area contributed by atoms with E-state index in [4.69, 9.17) is 10.5 Å². The Morgan fingerprint density at radius 3 is 2.50 bits per heavy atom. The Labute approximate surface area is 179 Å². The first-order valence-corrected chi connectivity index (χ1v) is 11.1. The molecule has 0 amide bonds. The molecule has 6 heteroatoms. The molecule has 6 nitrogen and oxygen atoms in total. The van der Waals surface area contributed by atoms with Crippen LogP contribution in [0, 0.1) is 0 Å². The number of nitrogens with zero attached hydrogens (tertiary/aromatic N) is 3. The number of unbranched alkanes of at least 4 members (excludes halogenated alkanes) is 1. The zero-order chi connectivity index (χ0) is 20.9. The van der Waals surface area contributed by atoms with Crippen molar-refractivity contribution in [1.29, 1.82) is 0 Å². The van der Waals surface area contributed by atoms with E-state index in [1.54, 1.807) is 0 Å². The van der Waals surface area contributed by atoms with E-state index < -0.39 is 0 Å². The largest absolute Gasteiger partial charge is 0.478 e. The fraction of sp³-hybridized carbons (Fsp3) is 0.500. The molecule has 0 aliphatic carbocycles. The van der Waals surface area contributed by atoms with Gasteiger partial charge in [-0.3, -0.25) is 9.69 Å². The van der Waals surface area contributed by atoms with Crippen LogP contribution in [-0.2, 0) is 24.3 Å². The van der Waals surface area contributed by atoms with E-state index in [1.807, 2.05) is 6.07 Å². The Morgan fingerprint density at radius 1 is 1.10 bits per heavy atom.